The van der Waals surface area contributed by atoms with Crippen LogP contribution in [0.25, 0.3) is 10.9 Å². The van der Waals surface area contributed by atoms with Gasteiger partial charge in [-0.1, -0.05) is 0 Å². The molecule has 0 saturated heterocycles. The van der Waals surface area contributed by atoms with E-state index in [0.29, 0.717) is 5.92 Å². The van der Waals surface area contributed by atoms with Crippen molar-refractivity contribution in [1.82, 2.24) is 14.5 Å². The van der Waals surface area contributed by atoms with Crippen molar-refractivity contribution in [2.75, 3.05) is 0 Å². The molecule has 1 amide bonds. The van der Waals surface area contributed by atoms with Crippen LogP contribution in [0.15, 0.2) is 23.3 Å². The van der Waals surface area contributed by atoms with Gasteiger partial charge in [-0.15, -0.1) is 0 Å². The Balaban J connectivity index is 1.63. The summed E-state index contributed by atoms with van der Waals surface area (Å²) in [6.45, 7) is 1.93. The quantitative estimate of drug-likeness (QED) is 0.835. The van der Waals surface area contributed by atoms with E-state index in [1.54, 1.807) is 0 Å². The molecule has 2 aliphatic rings. The molecule has 132 valence electrons. The van der Waals surface area contributed by atoms with Crippen LogP contribution in [-0.2, 0) is 11.3 Å². The fraction of sp³-hybridized carbons (Fsp3) is 0.500. The molecule has 2 aromatic rings. The Labute approximate surface area is 143 Å². The third kappa shape index (κ3) is 3.03. The number of hydrogen-bond acceptors (Lipinski definition) is 3. The molecule has 4 rings (SSSR count). The number of halogens is 2. The van der Waals surface area contributed by atoms with Crippen molar-refractivity contribution in [3.05, 3.63) is 40.4 Å². The van der Waals surface area contributed by atoms with Gasteiger partial charge in [-0.05, 0) is 44.6 Å². The maximum atomic E-state index is 13.4. The zero-order chi connectivity index (χ0) is 17.7. The fourth-order valence-corrected chi connectivity index (χ4v) is 3.42. The summed E-state index contributed by atoms with van der Waals surface area (Å²) in [7, 11) is 0. The first kappa shape index (κ1) is 16.2. The molecule has 1 unspecified atom stereocenters. The van der Waals surface area contributed by atoms with Gasteiger partial charge in [0.05, 0.1) is 17.2 Å². The first-order valence-corrected chi connectivity index (χ1v) is 8.61. The lowest BCUT2D eigenvalue weighted by Gasteiger charge is -2.29. The van der Waals surface area contributed by atoms with Crippen molar-refractivity contribution < 1.29 is 13.6 Å². The Morgan fingerprint density at radius 2 is 1.96 bits per heavy atom. The largest absolute Gasteiger partial charge is 0.335 e. The van der Waals surface area contributed by atoms with Crippen LogP contribution in [0, 0.1) is 17.6 Å². The molecular formula is C18H19F2N3O2. The first-order chi connectivity index (χ1) is 12.0. The molecule has 0 radical (unpaired) electrons. The van der Waals surface area contributed by atoms with Crippen molar-refractivity contribution in [2.24, 2.45) is 5.92 Å². The van der Waals surface area contributed by atoms with Crippen molar-refractivity contribution >= 4 is 16.8 Å². The second-order valence-electron chi connectivity index (χ2n) is 7.07. The predicted molar refractivity (Wildman–Crippen MR) is 88.0 cm³/mol. The van der Waals surface area contributed by atoms with Crippen LogP contribution in [-0.4, -0.2) is 32.4 Å². The number of carbonyl (C=O) groups excluding carboxylic acids is 1. The minimum atomic E-state index is -1.10. The summed E-state index contributed by atoms with van der Waals surface area (Å²) in [6, 6.07) is 2.17. The normalized spacial score (nSPS) is 18.4. The van der Waals surface area contributed by atoms with Gasteiger partial charge in [-0.25, -0.2) is 13.8 Å². The van der Waals surface area contributed by atoms with E-state index in [2.05, 4.69) is 11.9 Å². The minimum absolute atomic E-state index is 0.0255. The highest BCUT2D eigenvalue weighted by atomic mass is 19.2. The third-order valence-electron chi connectivity index (χ3n) is 5.14. The molecule has 0 N–H and O–H groups in total. The van der Waals surface area contributed by atoms with E-state index >= 15 is 0 Å². The molecule has 2 saturated carbocycles. The van der Waals surface area contributed by atoms with E-state index in [1.165, 1.54) is 10.9 Å². The van der Waals surface area contributed by atoms with Crippen LogP contribution < -0.4 is 5.56 Å². The average Bonchev–Trinajstić information content (AvgIpc) is 3.45. The molecule has 1 atom stereocenters. The molecule has 0 bridgehead atoms. The van der Waals surface area contributed by atoms with Gasteiger partial charge in [-0.3, -0.25) is 14.2 Å². The van der Waals surface area contributed by atoms with Gasteiger partial charge in [0.1, 0.15) is 6.54 Å². The highest BCUT2D eigenvalue weighted by Gasteiger charge is 2.41. The van der Waals surface area contributed by atoms with Crippen molar-refractivity contribution in [2.45, 2.75) is 51.2 Å². The third-order valence-corrected chi connectivity index (χ3v) is 5.14. The van der Waals surface area contributed by atoms with E-state index < -0.39 is 17.2 Å². The lowest BCUT2D eigenvalue weighted by atomic mass is 10.1. The summed E-state index contributed by atoms with van der Waals surface area (Å²) in [6.07, 6.45) is 5.50. The summed E-state index contributed by atoms with van der Waals surface area (Å²) in [5.41, 5.74) is -0.454. The summed E-state index contributed by atoms with van der Waals surface area (Å²) < 4.78 is 27.9. The molecule has 2 fully saturated rings. The van der Waals surface area contributed by atoms with E-state index in [-0.39, 0.29) is 35.4 Å². The average molecular weight is 347 g/mol. The van der Waals surface area contributed by atoms with Crippen LogP contribution >= 0.6 is 0 Å². The molecular weight excluding hydrogens is 328 g/mol. The first-order valence-electron chi connectivity index (χ1n) is 8.61. The van der Waals surface area contributed by atoms with Crippen LogP contribution in [0.2, 0.25) is 0 Å². The van der Waals surface area contributed by atoms with Crippen LogP contribution in [0.1, 0.15) is 32.6 Å². The van der Waals surface area contributed by atoms with Crippen molar-refractivity contribution in [1.29, 1.82) is 0 Å². The van der Waals surface area contributed by atoms with Gasteiger partial charge >= 0.3 is 0 Å². The Morgan fingerprint density at radius 3 is 2.60 bits per heavy atom. The van der Waals surface area contributed by atoms with E-state index in [0.717, 1.165) is 37.8 Å². The Hall–Kier alpha value is -2.31. The van der Waals surface area contributed by atoms with Gasteiger partial charge in [0, 0.05) is 18.2 Å². The van der Waals surface area contributed by atoms with Crippen LogP contribution in [0.5, 0.6) is 0 Å². The zero-order valence-electron chi connectivity index (χ0n) is 13.9. The topological polar surface area (TPSA) is 55.2 Å². The summed E-state index contributed by atoms with van der Waals surface area (Å²) in [5, 5.41) is -0.0255. The van der Waals surface area contributed by atoms with E-state index in [4.69, 9.17) is 0 Å². The Morgan fingerprint density at radius 1 is 1.28 bits per heavy atom. The summed E-state index contributed by atoms with van der Waals surface area (Å²) >= 11 is 0. The lowest BCUT2D eigenvalue weighted by molar-refractivity contribution is -0.135. The Bertz CT molecular complexity index is 903. The maximum Gasteiger partial charge on any atom is 0.261 e. The van der Waals surface area contributed by atoms with E-state index in [9.17, 15) is 18.4 Å². The summed E-state index contributed by atoms with van der Waals surface area (Å²) in [4.78, 5) is 31.2. The maximum absolute atomic E-state index is 13.4. The van der Waals surface area contributed by atoms with Gasteiger partial charge in [0.25, 0.3) is 5.56 Å². The van der Waals surface area contributed by atoms with Gasteiger partial charge < -0.3 is 4.90 Å². The predicted octanol–water partition coefficient (Wildman–Crippen LogP) is 2.46. The van der Waals surface area contributed by atoms with Gasteiger partial charge in [0.15, 0.2) is 11.6 Å². The van der Waals surface area contributed by atoms with Crippen molar-refractivity contribution in [3.63, 3.8) is 0 Å². The number of aromatic nitrogens is 2. The molecule has 1 aromatic carbocycles. The molecule has 1 aromatic heterocycles. The molecule has 1 heterocycles. The number of carbonyl (C=O) groups is 1. The number of benzene rings is 1. The number of amides is 1. The second-order valence-corrected chi connectivity index (χ2v) is 7.07. The number of fused-ring (bicyclic) bond motifs is 1. The Kier molecular flexibility index (Phi) is 3.81. The molecule has 0 aliphatic heterocycles. The summed E-state index contributed by atoms with van der Waals surface area (Å²) in [5.74, 6) is -1.72. The van der Waals surface area contributed by atoms with Crippen LogP contribution in [0.4, 0.5) is 8.78 Å². The molecule has 25 heavy (non-hydrogen) atoms. The SMILES string of the molecule is CC(C1CC1)N(C(=O)Cn1cnc2cc(F)c(F)cc2c1=O)C1CC1. The standard InChI is InChI=1S/C18H19F2N3O2/c1-10(11-2-3-11)23(12-4-5-12)17(24)8-22-9-21-16-7-15(20)14(19)6-13(16)18(22)25/h6-7,9-12H,2-5,8H2,1H3. The molecule has 0 spiro atoms. The molecule has 7 heteroatoms. The minimum Gasteiger partial charge on any atom is -0.335 e. The second kappa shape index (κ2) is 5.89. The number of nitrogens with zero attached hydrogens (tertiary/aromatic N) is 3. The van der Waals surface area contributed by atoms with E-state index in [1.807, 2.05) is 4.90 Å². The molecule has 2 aliphatic carbocycles. The highest BCUT2D eigenvalue weighted by Crippen LogP contribution is 2.39. The van der Waals surface area contributed by atoms with Crippen molar-refractivity contribution in [3.8, 4) is 0 Å². The molecule has 5 nitrogen and oxygen atoms in total. The fourth-order valence-electron chi connectivity index (χ4n) is 3.42. The van der Waals surface area contributed by atoms with Crippen LogP contribution in [0.3, 0.4) is 0 Å². The highest BCUT2D eigenvalue weighted by molar-refractivity contribution is 5.79. The lowest BCUT2D eigenvalue weighted by Crippen LogP contribution is -2.44. The zero-order valence-corrected chi connectivity index (χ0v) is 13.9. The number of hydrogen-bond donors (Lipinski definition) is 0. The van der Waals surface area contributed by atoms with Gasteiger partial charge in [-0.2, -0.15) is 0 Å². The number of rotatable bonds is 5. The monoisotopic (exact) mass is 347 g/mol. The van der Waals surface area contributed by atoms with Gasteiger partial charge in [0.2, 0.25) is 5.91 Å². The smallest absolute Gasteiger partial charge is 0.261 e.